The third-order valence-electron chi connectivity index (χ3n) is 4.14. The van der Waals surface area contributed by atoms with Crippen LogP contribution in [0.5, 0.6) is 0 Å². The second-order valence-electron chi connectivity index (χ2n) is 6.84. The van der Waals surface area contributed by atoms with E-state index in [-0.39, 0.29) is 16.8 Å². The van der Waals surface area contributed by atoms with Crippen LogP contribution in [0.1, 0.15) is 36.0 Å². The zero-order valence-corrected chi connectivity index (χ0v) is 17.8. The van der Waals surface area contributed by atoms with E-state index >= 15 is 0 Å². The Morgan fingerprint density at radius 2 is 2.07 bits per heavy atom. The van der Waals surface area contributed by atoms with Crippen LogP contribution in [0.3, 0.4) is 0 Å². The third kappa shape index (κ3) is 5.66. The van der Waals surface area contributed by atoms with Gasteiger partial charge in [-0.2, -0.15) is 0 Å². The number of rotatable bonds is 7. The molecule has 10 heteroatoms. The molecule has 2 aromatic heterocycles. The number of hydrogen-bond donors (Lipinski definition) is 3. The van der Waals surface area contributed by atoms with Gasteiger partial charge in [0.1, 0.15) is 10.0 Å². The third-order valence-corrected chi connectivity index (χ3v) is 6.67. The molecule has 29 heavy (non-hydrogen) atoms. The van der Waals surface area contributed by atoms with E-state index in [2.05, 4.69) is 34.0 Å². The summed E-state index contributed by atoms with van der Waals surface area (Å²) in [6.07, 6.45) is 3.73. The van der Waals surface area contributed by atoms with Crippen molar-refractivity contribution < 1.29 is 13.2 Å². The minimum atomic E-state index is -3.72. The lowest BCUT2D eigenvalue weighted by molar-refractivity contribution is 0.252. The molecule has 2 amide bonds. The molecule has 3 aromatic rings. The normalized spacial score (nSPS) is 11.6. The first kappa shape index (κ1) is 21.0. The molecule has 0 saturated carbocycles. The van der Waals surface area contributed by atoms with Crippen LogP contribution < -0.4 is 15.8 Å². The predicted octanol–water partition coefficient (Wildman–Crippen LogP) is 3.09. The number of urea groups is 1. The average molecular weight is 434 g/mol. The van der Waals surface area contributed by atoms with E-state index in [9.17, 15) is 13.2 Å². The topological polar surface area (TPSA) is 119 Å². The van der Waals surface area contributed by atoms with Gasteiger partial charge in [-0.1, -0.05) is 26.0 Å². The Bertz CT molecular complexity index is 1100. The fraction of sp³-hybridized carbons (Fsp3) is 0.263. The number of amides is 2. The molecule has 0 saturated heterocycles. The molecule has 0 aliphatic rings. The molecule has 0 radical (unpaired) electrons. The number of nitrogens with two attached hydrogens (primary N) is 1. The van der Waals surface area contributed by atoms with Gasteiger partial charge in [0.15, 0.2) is 0 Å². The number of carbonyl (C=O) groups excluding carboxylic acids is 1. The van der Waals surface area contributed by atoms with E-state index in [1.54, 1.807) is 12.3 Å². The molecule has 8 nitrogen and oxygen atoms in total. The van der Waals surface area contributed by atoms with E-state index in [0.29, 0.717) is 23.0 Å². The van der Waals surface area contributed by atoms with Gasteiger partial charge in [-0.15, -0.1) is 11.3 Å². The number of imidazole rings is 1. The number of aromatic nitrogens is 2. The van der Waals surface area contributed by atoms with Gasteiger partial charge in [0.2, 0.25) is 10.0 Å². The number of carbonyl (C=O) groups is 1. The Morgan fingerprint density at radius 1 is 1.28 bits per heavy atom. The Hall–Kier alpha value is -2.69. The molecule has 0 atom stereocenters. The fourth-order valence-electron chi connectivity index (χ4n) is 2.85. The van der Waals surface area contributed by atoms with Crippen molar-refractivity contribution in [2.75, 3.05) is 5.32 Å². The van der Waals surface area contributed by atoms with Gasteiger partial charge in [-0.25, -0.2) is 23.3 Å². The van der Waals surface area contributed by atoms with Crippen molar-refractivity contribution in [3.8, 4) is 0 Å². The summed E-state index contributed by atoms with van der Waals surface area (Å²) in [6.45, 7) is 5.07. The highest BCUT2D eigenvalue weighted by atomic mass is 32.2. The van der Waals surface area contributed by atoms with Gasteiger partial charge >= 0.3 is 6.03 Å². The number of primary sulfonamides is 1. The first-order chi connectivity index (χ1) is 13.7. The fourth-order valence-corrected chi connectivity index (χ4v) is 4.57. The van der Waals surface area contributed by atoms with Crippen LogP contribution in [0, 0.1) is 0 Å². The lowest BCUT2D eigenvalue weighted by atomic mass is 10.1. The number of thiophene rings is 1. The number of nitrogens with one attached hydrogen (secondary N) is 2. The van der Waals surface area contributed by atoms with Crippen molar-refractivity contribution in [1.29, 1.82) is 0 Å². The molecule has 154 valence electrons. The molecule has 4 N–H and O–H groups in total. The average Bonchev–Trinajstić information content (AvgIpc) is 3.29. The molecular weight excluding hydrogens is 410 g/mol. The van der Waals surface area contributed by atoms with Crippen LogP contribution in [0.2, 0.25) is 0 Å². The summed E-state index contributed by atoms with van der Waals surface area (Å²) in [5, 5.41) is 10.6. The Kier molecular flexibility index (Phi) is 6.36. The summed E-state index contributed by atoms with van der Waals surface area (Å²) >= 11 is 1.03. The lowest BCUT2D eigenvalue weighted by Gasteiger charge is -2.12. The zero-order valence-electron chi connectivity index (χ0n) is 16.1. The lowest BCUT2D eigenvalue weighted by Crippen LogP contribution is -2.27. The van der Waals surface area contributed by atoms with Crippen molar-refractivity contribution in [2.24, 2.45) is 5.14 Å². The van der Waals surface area contributed by atoms with Gasteiger partial charge < -0.3 is 15.2 Å². The van der Waals surface area contributed by atoms with Gasteiger partial charge in [0.05, 0.1) is 6.54 Å². The highest BCUT2D eigenvalue weighted by molar-refractivity contribution is 7.91. The van der Waals surface area contributed by atoms with Gasteiger partial charge in [0.25, 0.3) is 0 Å². The number of hydrogen-bond acceptors (Lipinski definition) is 5. The highest BCUT2D eigenvalue weighted by Crippen LogP contribution is 2.20. The Morgan fingerprint density at radius 3 is 2.76 bits per heavy atom. The van der Waals surface area contributed by atoms with Crippen molar-refractivity contribution in [2.45, 2.75) is 37.1 Å². The highest BCUT2D eigenvalue weighted by Gasteiger charge is 2.12. The van der Waals surface area contributed by atoms with E-state index in [1.165, 1.54) is 6.07 Å². The summed E-state index contributed by atoms with van der Waals surface area (Å²) in [6, 6.07) is 10.3. The number of nitrogens with zero attached hydrogens (tertiary/aromatic N) is 2. The number of sulfonamides is 1. The Labute approximate surface area is 173 Å². The first-order valence-electron chi connectivity index (χ1n) is 8.98. The van der Waals surface area contributed by atoms with Crippen LogP contribution in [0.4, 0.5) is 10.5 Å². The van der Waals surface area contributed by atoms with Crippen molar-refractivity contribution >= 4 is 33.1 Å². The summed E-state index contributed by atoms with van der Waals surface area (Å²) in [5.74, 6) is 1.33. The second kappa shape index (κ2) is 8.76. The molecule has 2 heterocycles. The van der Waals surface area contributed by atoms with Crippen LogP contribution in [0.25, 0.3) is 0 Å². The first-order valence-corrected chi connectivity index (χ1v) is 11.3. The van der Waals surface area contributed by atoms with Crippen LogP contribution in [-0.2, 0) is 23.1 Å². The van der Waals surface area contributed by atoms with Crippen LogP contribution in [-0.4, -0.2) is 24.0 Å². The van der Waals surface area contributed by atoms with Gasteiger partial charge in [-0.05, 0) is 29.8 Å². The van der Waals surface area contributed by atoms with E-state index in [4.69, 9.17) is 5.14 Å². The molecule has 1 aromatic carbocycles. The molecule has 0 unspecified atom stereocenters. The Balaban J connectivity index is 1.59. The maximum absolute atomic E-state index is 12.2. The van der Waals surface area contributed by atoms with Crippen molar-refractivity contribution in [1.82, 2.24) is 14.9 Å². The molecular formula is C19H23N5O3S2. The van der Waals surface area contributed by atoms with Crippen LogP contribution in [0.15, 0.2) is 53.0 Å². The minimum Gasteiger partial charge on any atom is -0.333 e. The smallest absolute Gasteiger partial charge is 0.319 e. The second-order valence-corrected chi connectivity index (χ2v) is 9.80. The van der Waals surface area contributed by atoms with Crippen molar-refractivity contribution in [3.63, 3.8) is 0 Å². The minimum absolute atomic E-state index is 0.0719. The molecule has 0 bridgehead atoms. The van der Waals surface area contributed by atoms with Crippen molar-refractivity contribution in [3.05, 3.63) is 65.1 Å². The summed E-state index contributed by atoms with van der Waals surface area (Å²) in [5.41, 5.74) is 1.71. The SMILES string of the molecule is CC(C)c1nccn1Cc1cccc(NC(=O)NCc2ccc(S(N)(=O)=O)s2)c1. The number of anilines is 1. The maximum Gasteiger partial charge on any atom is 0.319 e. The molecule has 0 aliphatic heterocycles. The standard InChI is InChI=1S/C19H23N5O3S2/c1-13(2)18-21-8-9-24(18)12-14-4-3-5-15(10-14)23-19(25)22-11-16-6-7-17(28-16)29(20,26)27/h3-10,13H,11-12H2,1-2H3,(H2,20,26,27)(H2,22,23,25). The number of benzene rings is 1. The van der Waals surface area contributed by atoms with E-state index < -0.39 is 10.0 Å². The molecule has 0 spiro atoms. The maximum atomic E-state index is 12.2. The molecule has 0 aliphatic carbocycles. The van der Waals surface area contributed by atoms with Gasteiger partial charge in [-0.3, -0.25) is 0 Å². The summed E-state index contributed by atoms with van der Waals surface area (Å²) in [7, 11) is -3.72. The molecule has 3 rings (SSSR count). The largest absolute Gasteiger partial charge is 0.333 e. The van der Waals surface area contributed by atoms with Gasteiger partial charge in [0, 0.05) is 35.4 Å². The zero-order chi connectivity index (χ0) is 21.0. The monoisotopic (exact) mass is 433 g/mol. The summed E-state index contributed by atoms with van der Waals surface area (Å²) in [4.78, 5) is 17.3. The summed E-state index contributed by atoms with van der Waals surface area (Å²) < 4.78 is 24.8. The van der Waals surface area contributed by atoms with Crippen LogP contribution >= 0.6 is 11.3 Å². The van der Waals surface area contributed by atoms with E-state index in [0.717, 1.165) is 22.7 Å². The quantitative estimate of drug-likeness (QED) is 0.530. The van der Waals surface area contributed by atoms with E-state index in [1.807, 2.05) is 30.5 Å². The molecule has 0 fully saturated rings. The predicted molar refractivity (Wildman–Crippen MR) is 113 cm³/mol.